The van der Waals surface area contributed by atoms with Crippen LogP contribution in [0.15, 0.2) is 24.3 Å². The van der Waals surface area contributed by atoms with E-state index in [2.05, 4.69) is 11.4 Å². The number of amides is 1. The van der Waals surface area contributed by atoms with E-state index in [4.69, 9.17) is 10.5 Å². The summed E-state index contributed by atoms with van der Waals surface area (Å²) in [5, 5.41) is 2.96. The number of nitrogens with one attached hydrogen (secondary N) is 1. The molecule has 0 bridgehead atoms. The fourth-order valence-electron chi connectivity index (χ4n) is 2.95. The minimum atomic E-state index is -0.345. The Morgan fingerprint density at radius 1 is 1.21 bits per heavy atom. The highest BCUT2D eigenvalue weighted by Crippen LogP contribution is 2.27. The predicted molar refractivity (Wildman–Crippen MR) is 73.9 cm³/mol. The van der Waals surface area contributed by atoms with Crippen LogP contribution >= 0.6 is 0 Å². The van der Waals surface area contributed by atoms with Crippen LogP contribution in [-0.2, 0) is 16.0 Å². The molecule has 4 nitrogen and oxygen atoms in total. The summed E-state index contributed by atoms with van der Waals surface area (Å²) in [7, 11) is 0. The van der Waals surface area contributed by atoms with E-state index in [0.29, 0.717) is 0 Å². The summed E-state index contributed by atoms with van der Waals surface area (Å²) in [6.45, 7) is 0. The standard InChI is InChI=1S/C15H20N2O2/c16-11-6-7-12(9-11)19-14-8-5-10-3-1-2-4-13(10)17-15(14)18/h1-4,11-12,14H,5-9,16H2,(H,17,18). The minimum absolute atomic E-state index is 0.0228. The normalized spacial score (nSPS) is 30.6. The van der Waals surface area contributed by atoms with Gasteiger partial charge in [0.15, 0.2) is 0 Å². The van der Waals surface area contributed by atoms with E-state index in [1.54, 1.807) is 0 Å². The molecule has 1 saturated carbocycles. The molecule has 3 N–H and O–H groups in total. The van der Waals surface area contributed by atoms with Crippen molar-refractivity contribution in [2.45, 2.75) is 50.4 Å². The number of rotatable bonds is 2. The molecule has 0 radical (unpaired) electrons. The maximum Gasteiger partial charge on any atom is 0.253 e. The third kappa shape index (κ3) is 2.80. The molecule has 4 heteroatoms. The van der Waals surface area contributed by atoms with E-state index in [0.717, 1.165) is 37.8 Å². The number of para-hydroxylation sites is 1. The Morgan fingerprint density at radius 3 is 2.84 bits per heavy atom. The molecule has 0 saturated heterocycles. The largest absolute Gasteiger partial charge is 0.365 e. The van der Waals surface area contributed by atoms with Gasteiger partial charge in [0.1, 0.15) is 6.10 Å². The van der Waals surface area contributed by atoms with Crippen LogP contribution in [-0.4, -0.2) is 24.2 Å². The number of hydrogen-bond acceptors (Lipinski definition) is 3. The molecule has 1 aliphatic carbocycles. The van der Waals surface area contributed by atoms with Gasteiger partial charge < -0.3 is 15.8 Å². The van der Waals surface area contributed by atoms with Crippen LogP contribution in [0.1, 0.15) is 31.2 Å². The van der Waals surface area contributed by atoms with Gasteiger partial charge in [-0.2, -0.15) is 0 Å². The number of hydrogen-bond donors (Lipinski definition) is 2. The Balaban J connectivity index is 1.67. The van der Waals surface area contributed by atoms with Gasteiger partial charge in [-0.15, -0.1) is 0 Å². The summed E-state index contributed by atoms with van der Waals surface area (Å²) in [5.74, 6) is -0.0228. The van der Waals surface area contributed by atoms with Crippen molar-refractivity contribution in [1.82, 2.24) is 0 Å². The van der Waals surface area contributed by atoms with Crippen molar-refractivity contribution in [1.29, 1.82) is 0 Å². The Kier molecular flexibility index (Phi) is 3.53. The maximum atomic E-state index is 12.2. The van der Waals surface area contributed by atoms with Crippen molar-refractivity contribution in [3.63, 3.8) is 0 Å². The molecule has 0 aromatic heterocycles. The summed E-state index contributed by atoms with van der Waals surface area (Å²) in [6, 6.07) is 8.18. The van der Waals surface area contributed by atoms with Gasteiger partial charge in [-0.3, -0.25) is 4.79 Å². The first kappa shape index (κ1) is 12.6. The van der Waals surface area contributed by atoms with Crippen molar-refractivity contribution in [2.75, 3.05) is 5.32 Å². The second-order valence-electron chi connectivity index (χ2n) is 5.50. The molecule has 3 rings (SSSR count). The fraction of sp³-hybridized carbons (Fsp3) is 0.533. The van der Waals surface area contributed by atoms with Crippen LogP contribution in [0.4, 0.5) is 5.69 Å². The third-order valence-electron chi connectivity index (χ3n) is 4.03. The lowest BCUT2D eigenvalue weighted by Crippen LogP contribution is -2.33. The summed E-state index contributed by atoms with van der Waals surface area (Å²) >= 11 is 0. The lowest BCUT2D eigenvalue weighted by Gasteiger charge is -2.19. The molecule has 1 aliphatic heterocycles. The van der Waals surface area contributed by atoms with Crippen molar-refractivity contribution in [3.05, 3.63) is 29.8 Å². The monoisotopic (exact) mass is 260 g/mol. The van der Waals surface area contributed by atoms with Crippen LogP contribution in [0.2, 0.25) is 0 Å². The van der Waals surface area contributed by atoms with Gasteiger partial charge >= 0.3 is 0 Å². The molecule has 1 heterocycles. The quantitative estimate of drug-likeness (QED) is 0.852. The van der Waals surface area contributed by atoms with E-state index in [1.807, 2.05) is 18.2 Å². The Bertz CT molecular complexity index is 475. The number of benzene rings is 1. The molecular weight excluding hydrogens is 240 g/mol. The van der Waals surface area contributed by atoms with E-state index in [1.165, 1.54) is 5.56 Å². The van der Waals surface area contributed by atoms with Gasteiger partial charge in [0.05, 0.1) is 6.10 Å². The fourth-order valence-corrected chi connectivity index (χ4v) is 2.95. The molecule has 1 amide bonds. The van der Waals surface area contributed by atoms with Crippen molar-refractivity contribution in [2.24, 2.45) is 5.73 Å². The van der Waals surface area contributed by atoms with E-state index in [9.17, 15) is 4.79 Å². The van der Waals surface area contributed by atoms with Crippen molar-refractivity contribution in [3.8, 4) is 0 Å². The molecule has 2 aliphatic rings. The third-order valence-corrected chi connectivity index (χ3v) is 4.03. The molecular formula is C15H20N2O2. The first-order chi connectivity index (χ1) is 9.22. The first-order valence-corrected chi connectivity index (χ1v) is 7.02. The molecule has 1 fully saturated rings. The van der Waals surface area contributed by atoms with Crippen LogP contribution in [0.25, 0.3) is 0 Å². The highest BCUT2D eigenvalue weighted by Gasteiger charge is 2.30. The summed E-state index contributed by atoms with van der Waals surface area (Å²) < 4.78 is 5.95. The molecule has 1 aromatic rings. The van der Waals surface area contributed by atoms with E-state index >= 15 is 0 Å². The van der Waals surface area contributed by atoms with Crippen molar-refractivity contribution < 1.29 is 9.53 Å². The number of nitrogens with two attached hydrogens (primary N) is 1. The predicted octanol–water partition coefficient (Wildman–Crippen LogP) is 1.84. The lowest BCUT2D eigenvalue weighted by atomic mass is 10.1. The molecule has 19 heavy (non-hydrogen) atoms. The average Bonchev–Trinajstić information content (AvgIpc) is 2.74. The topological polar surface area (TPSA) is 64.3 Å². The number of carbonyl (C=O) groups is 1. The number of fused-ring (bicyclic) bond motifs is 1. The van der Waals surface area contributed by atoms with E-state index < -0.39 is 0 Å². The maximum absolute atomic E-state index is 12.2. The molecule has 0 spiro atoms. The molecule has 1 aromatic carbocycles. The van der Waals surface area contributed by atoms with Gasteiger partial charge in [0.25, 0.3) is 5.91 Å². The van der Waals surface area contributed by atoms with Crippen LogP contribution in [0.5, 0.6) is 0 Å². The van der Waals surface area contributed by atoms with Gasteiger partial charge in [0, 0.05) is 11.7 Å². The SMILES string of the molecule is NC1CCC(OC2CCc3ccccc3NC2=O)C1. The highest BCUT2D eigenvalue weighted by atomic mass is 16.5. The second kappa shape index (κ2) is 5.31. The zero-order chi connectivity index (χ0) is 13.2. The molecule has 102 valence electrons. The number of aryl methyl sites for hydroxylation is 1. The average molecular weight is 260 g/mol. The lowest BCUT2D eigenvalue weighted by molar-refractivity contribution is -0.131. The van der Waals surface area contributed by atoms with Gasteiger partial charge in [-0.1, -0.05) is 18.2 Å². The summed E-state index contributed by atoms with van der Waals surface area (Å²) in [4.78, 5) is 12.2. The van der Waals surface area contributed by atoms with Crippen LogP contribution in [0, 0.1) is 0 Å². The minimum Gasteiger partial charge on any atom is -0.365 e. The first-order valence-electron chi connectivity index (χ1n) is 7.02. The Morgan fingerprint density at radius 2 is 2.05 bits per heavy atom. The smallest absolute Gasteiger partial charge is 0.253 e. The molecule has 3 atom stereocenters. The zero-order valence-electron chi connectivity index (χ0n) is 11.0. The van der Waals surface area contributed by atoms with Gasteiger partial charge in [0.2, 0.25) is 0 Å². The van der Waals surface area contributed by atoms with Crippen molar-refractivity contribution >= 4 is 11.6 Å². The Hall–Kier alpha value is -1.39. The molecule has 3 unspecified atom stereocenters. The van der Waals surface area contributed by atoms with E-state index in [-0.39, 0.29) is 24.2 Å². The summed E-state index contributed by atoms with van der Waals surface area (Å²) in [6.07, 6.45) is 4.26. The van der Waals surface area contributed by atoms with Crippen LogP contribution < -0.4 is 11.1 Å². The zero-order valence-corrected chi connectivity index (χ0v) is 11.0. The highest BCUT2D eigenvalue weighted by molar-refractivity contribution is 5.95. The van der Waals surface area contributed by atoms with Crippen LogP contribution in [0.3, 0.4) is 0 Å². The summed E-state index contributed by atoms with van der Waals surface area (Å²) in [5.41, 5.74) is 7.99. The second-order valence-corrected chi connectivity index (χ2v) is 5.50. The number of anilines is 1. The van der Waals surface area contributed by atoms with Gasteiger partial charge in [-0.25, -0.2) is 0 Å². The number of carbonyl (C=O) groups excluding carboxylic acids is 1. The van der Waals surface area contributed by atoms with Gasteiger partial charge in [-0.05, 0) is 43.7 Å². The number of ether oxygens (including phenoxy) is 1. The Labute approximate surface area is 113 Å².